The van der Waals surface area contributed by atoms with Gasteiger partial charge >= 0.3 is 0 Å². The maximum absolute atomic E-state index is 4.90. The van der Waals surface area contributed by atoms with E-state index < -0.39 is 0 Å². The Bertz CT molecular complexity index is 1690. The van der Waals surface area contributed by atoms with Gasteiger partial charge in [-0.25, -0.2) is 29.9 Å². The zero-order valence-electron chi connectivity index (χ0n) is 28.3. The molecule has 0 aromatic carbocycles. The second-order valence-corrected chi connectivity index (χ2v) is 15.3. The Morgan fingerprint density at radius 2 is 1.10 bits per heavy atom. The third-order valence-corrected chi connectivity index (χ3v) is 12.2. The number of halogens is 3. The summed E-state index contributed by atoms with van der Waals surface area (Å²) in [5, 5.41) is 10.3. The van der Waals surface area contributed by atoms with Gasteiger partial charge in [0.2, 0.25) is 0 Å². The van der Waals surface area contributed by atoms with E-state index in [0.29, 0.717) is 11.8 Å². The van der Waals surface area contributed by atoms with E-state index in [1.54, 1.807) is 6.33 Å². The Morgan fingerprint density at radius 3 is 1.63 bits per heavy atom. The molecule has 49 heavy (non-hydrogen) atoms. The van der Waals surface area contributed by atoms with Crippen molar-refractivity contribution in [2.45, 2.75) is 77.0 Å². The summed E-state index contributed by atoms with van der Waals surface area (Å²) >= 11 is 10.0. The van der Waals surface area contributed by atoms with Crippen LogP contribution in [0.15, 0.2) is 50.7 Å². The Labute approximate surface area is 314 Å². The number of aryl methyl sites for hydroxylation is 2. The minimum absolute atomic E-state index is 0.542. The number of fused-ring (bicyclic) bond motifs is 2. The first kappa shape index (κ1) is 36.1. The molecular weight excluding hydrogens is 812 g/mol. The van der Waals surface area contributed by atoms with Crippen LogP contribution < -0.4 is 20.9 Å². The third-order valence-electron chi connectivity index (χ3n) is 9.76. The van der Waals surface area contributed by atoms with Crippen molar-refractivity contribution in [3.63, 3.8) is 0 Å². The molecule has 0 aliphatic carbocycles. The van der Waals surface area contributed by atoms with Crippen LogP contribution in [0.4, 0.5) is 17.5 Å². The summed E-state index contributed by atoms with van der Waals surface area (Å²) in [6.07, 6.45) is 12.6. The van der Waals surface area contributed by atoms with E-state index in [1.807, 2.05) is 6.92 Å². The van der Waals surface area contributed by atoms with Crippen molar-refractivity contribution in [3.05, 3.63) is 84.4 Å². The first-order chi connectivity index (χ1) is 23.9. The fourth-order valence-corrected chi connectivity index (χ4v) is 7.89. The van der Waals surface area contributed by atoms with E-state index in [1.165, 1.54) is 60.9 Å². The Balaban J connectivity index is 0.000000143. The molecule has 0 saturated carbocycles. The lowest BCUT2D eigenvalue weighted by Gasteiger charge is -2.33. The average molecular weight is 858 g/mol. The highest BCUT2D eigenvalue weighted by Gasteiger charge is 2.25. The second kappa shape index (κ2) is 17.5. The molecule has 0 atom stereocenters. The van der Waals surface area contributed by atoms with E-state index in [-0.39, 0.29) is 0 Å². The van der Waals surface area contributed by atoms with Crippen LogP contribution in [0.3, 0.4) is 0 Å². The largest absolute Gasteiger partial charge is 0.370 e. The van der Waals surface area contributed by atoms with Crippen LogP contribution in [0.5, 0.6) is 0 Å². The molecule has 260 valence electrons. The van der Waals surface area contributed by atoms with Crippen LogP contribution in [0.1, 0.15) is 84.0 Å². The van der Waals surface area contributed by atoms with Gasteiger partial charge in [-0.3, -0.25) is 0 Å². The maximum atomic E-state index is 4.90. The molecule has 2 fully saturated rings. The van der Waals surface area contributed by atoms with Crippen molar-refractivity contribution in [1.29, 1.82) is 0 Å². The molecule has 3 N–H and O–H groups in total. The van der Waals surface area contributed by atoms with Crippen molar-refractivity contribution in [2.75, 3.05) is 54.8 Å². The molecule has 2 saturated heterocycles. The van der Waals surface area contributed by atoms with Crippen molar-refractivity contribution in [2.24, 2.45) is 0 Å². The van der Waals surface area contributed by atoms with E-state index in [9.17, 15) is 0 Å². The number of aromatic nitrogens is 6. The smallest absolute Gasteiger partial charge is 0.136 e. The van der Waals surface area contributed by atoms with Gasteiger partial charge in [0.05, 0.1) is 0 Å². The van der Waals surface area contributed by atoms with Gasteiger partial charge in [-0.05, 0) is 149 Å². The number of nitrogens with zero attached hydrogens (tertiary/aromatic N) is 7. The topological polar surface area (TPSA) is 117 Å². The van der Waals surface area contributed by atoms with Gasteiger partial charge in [0.15, 0.2) is 0 Å². The van der Waals surface area contributed by atoms with Crippen molar-refractivity contribution >= 4 is 65.2 Å². The summed E-state index contributed by atoms with van der Waals surface area (Å²) in [6, 6.07) is 9.01. The molecule has 8 heterocycles. The van der Waals surface area contributed by atoms with Gasteiger partial charge in [0, 0.05) is 60.5 Å². The summed E-state index contributed by atoms with van der Waals surface area (Å²) in [7, 11) is 0. The lowest BCUT2D eigenvalue weighted by Crippen LogP contribution is -2.34. The highest BCUT2D eigenvalue weighted by molar-refractivity contribution is 9.11. The van der Waals surface area contributed by atoms with E-state index >= 15 is 0 Å². The highest BCUT2D eigenvalue weighted by Crippen LogP contribution is 2.33. The molecule has 0 spiro atoms. The fraction of sp³-hybridized carbons (Fsp3) is 0.500. The standard InChI is InChI=1S/C18H22BrN5.C13H19N3.C5H4Br2N2/c1-12-16(19)21-11-22-18(12)24-9-6-13(7-10-24)15-5-4-14-3-2-8-20-17(14)23-15;1-2-11-3-4-12(16-13(11)15-7-1)10-5-8-14-9-6-10;1-3-4(6)8-2-9-5(3)7/h4-5,11,13H,2-3,6-10H2,1H3,(H,20,23);3-4,10,14H,1-2,5-9H2,(H,15,16);2H,1H3. The summed E-state index contributed by atoms with van der Waals surface area (Å²) in [5.41, 5.74) is 7.43. The molecule has 8 rings (SSSR count). The summed E-state index contributed by atoms with van der Waals surface area (Å²) in [5.74, 6) is 4.51. The first-order valence-corrected chi connectivity index (χ1v) is 19.8. The number of pyridine rings is 2. The molecule has 4 aromatic heterocycles. The minimum Gasteiger partial charge on any atom is -0.370 e. The quantitative estimate of drug-likeness (QED) is 0.176. The number of rotatable bonds is 3. The Morgan fingerprint density at radius 1 is 0.612 bits per heavy atom. The van der Waals surface area contributed by atoms with Gasteiger partial charge in [0.1, 0.15) is 43.9 Å². The number of nitrogens with one attached hydrogen (secondary N) is 3. The maximum Gasteiger partial charge on any atom is 0.136 e. The van der Waals surface area contributed by atoms with Crippen molar-refractivity contribution < 1.29 is 0 Å². The molecule has 4 aliphatic heterocycles. The number of anilines is 3. The molecule has 0 amide bonds. The normalized spacial score (nSPS) is 17.6. The molecular formula is C36H45Br3N10. The molecule has 10 nitrogen and oxygen atoms in total. The van der Waals surface area contributed by atoms with Gasteiger partial charge in [-0.1, -0.05) is 12.1 Å². The molecule has 0 unspecified atom stereocenters. The summed E-state index contributed by atoms with van der Waals surface area (Å²) < 4.78 is 2.56. The SMILES string of the molecule is Cc1c(Br)ncnc1Br.Cc1c(Br)ncnc1N1CCC(c2ccc3c(n2)NCCC3)CC1.c1cc2c(nc1C1CCNCC1)NCCC2. The van der Waals surface area contributed by atoms with E-state index in [2.05, 4.69) is 120 Å². The van der Waals surface area contributed by atoms with E-state index in [0.717, 1.165) is 101 Å². The summed E-state index contributed by atoms with van der Waals surface area (Å²) in [4.78, 5) is 28.6. The summed E-state index contributed by atoms with van der Waals surface area (Å²) in [6.45, 7) is 10.4. The van der Waals surface area contributed by atoms with Crippen LogP contribution in [0, 0.1) is 13.8 Å². The predicted octanol–water partition coefficient (Wildman–Crippen LogP) is 7.90. The molecule has 4 aliphatic rings. The number of piperidine rings is 2. The predicted molar refractivity (Wildman–Crippen MR) is 208 cm³/mol. The number of hydrogen-bond donors (Lipinski definition) is 3. The van der Waals surface area contributed by atoms with Gasteiger partial charge < -0.3 is 20.9 Å². The molecule has 4 aromatic rings. The van der Waals surface area contributed by atoms with Gasteiger partial charge in [-0.2, -0.15) is 0 Å². The average Bonchev–Trinajstić information content (AvgIpc) is 3.15. The zero-order chi connectivity index (χ0) is 34.2. The van der Waals surface area contributed by atoms with Gasteiger partial charge in [0.25, 0.3) is 0 Å². The molecule has 13 heteroatoms. The van der Waals surface area contributed by atoms with Crippen LogP contribution in [0.25, 0.3) is 0 Å². The Hall–Kier alpha value is -2.74. The van der Waals surface area contributed by atoms with E-state index in [4.69, 9.17) is 9.97 Å². The first-order valence-electron chi connectivity index (χ1n) is 17.4. The van der Waals surface area contributed by atoms with Crippen molar-refractivity contribution in [3.8, 4) is 0 Å². The minimum atomic E-state index is 0.542. The highest BCUT2D eigenvalue weighted by atomic mass is 79.9. The van der Waals surface area contributed by atoms with Crippen LogP contribution in [-0.4, -0.2) is 69.2 Å². The Kier molecular flexibility index (Phi) is 12.9. The number of hydrogen-bond acceptors (Lipinski definition) is 10. The fourth-order valence-electron chi connectivity index (χ4n) is 6.79. The lowest BCUT2D eigenvalue weighted by atomic mass is 9.92. The lowest BCUT2D eigenvalue weighted by molar-refractivity contribution is 0.453. The van der Waals surface area contributed by atoms with Crippen LogP contribution in [0.2, 0.25) is 0 Å². The van der Waals surface area contributed by atoms with Gasteiger partial charge in [-0.15, -0.1) is 0 Å². The zero-order valence-corrected chi connectivity index (χ0v) is 33.0. The monoisotopic (exact) mass is 854 g/mol. The van der Waals surface area contributed by atoms with Crippen LogP contribution >= 0.6 is 47.8 Å². The molecule has 0 bridgehead atoms. The van der Waals surface area contributed by atoms with Crippen LogP contribution in [-0.2, 0) is 12.8 Å². The molecule has 0 radical (unpaired) electrons. The second-order valence-electron chi connectivity index (χ2n) is 13.0. The third kappa shape index (κ3) is 9.33. The van der Waals surface area contributed by atoms with Crippen molar-refractivity contribution in [1.82, 2.24) is 35.2 Å².